The highest BCUT2D eigenvalue weighted by molar-refractivity contribution is 5.93. The van der Waals surface area contributed by atoms with Crippen molar-refractivity contribution in [3.8, 4) is 0 Å². The molecule has 1 aromatic carbocycles. The van der Waals surface area contributed by atoms with Crippen LogP contribution in [-0.2, 0) is 16.1 Å². The quantitative estimate of drug-likeness (QED) is 0.740. The van der Waals surface area contributed by atoms with Crippen molar-refractivity contribution in [1.82, 2.24) is 4.90 Å². The maximum atomic E-state index is 12.6. The molecular formula is C22H35N3O2. The van der Waals surface area contributed by atoms with Crippen molar-refractivity contribution in [3.05, 3.63) is 23.8 Å². The number of hydrogen-bond donors (Lipinski definition) is 1. The van der Waals surface area contributed by atoms with Gasteiger partial charge in [0.2, 0.25) is 11.8 Å². The Morgan fingerprint density at radius 3 is 2.33 bits per heavy atom. The summed E-state index contributed by atoms with van der Waals surface area (Å²) in [5.41, 5.74) is 2.94. The first-order chi connectivity index (χ1) is 12.7. The molecule has 2 rings (SSSR count). The Balaban J connectivity index is 2.28. The van der Waals surface area contributed by atoms with E-state index in [1.54, 1.807) is 0 Å². The van der Waals surface area contributed by atoms with Gasteiger partial charge < -0.3 is 15.1 Å². The van der Waals surface area contributed by atoms with Crippen LogP contribution in [0.5, 0.6) is 0 Å². The Labute approximate surface area is 164 Å². The molecule has 0 aromatic heterocycles. The smallest absolute Gasteiger partial charge is 0.227 e. The van der Waals surface area contributed by atoms with E-state index in [0.717, 1.165) is 36.2 Å². The van der Waals surface area contributed by atoms with Gasteiger partial charge in [-0.15, -0.1) is 0 Å². The number of nitrogens with one attached hydrogen (secondary N) is 1. The zero-order valence-electron chi connectivity index (χ0n) is 17.7. The molecule has 2 amide bonds. The molecule has 0 spiro atoms. The molecule has 1 saturated carbocycles. The normalized spacial score (nSPS) is 15.2. The molecule has 27 heavy (non-hydrogen) atoms. The van der Waals surface area contributed by atoms with E-state index in [1.807, 2.05) is 44.1 Å². The summed E-state index contributed by atoms with van der Waals surface area (Å²) >= 11 is 0. The molecule has 0 radical (unpaired) electrons. The van der Waals surface area contributed by atoms with Crippen LogP contribution in [0.2, 0.25) is 0 Å². The Hall–Kier alpha value is -2.04. The molecule has 0 aliphatic heterocycles. The molecule has 1 aliphatic carbocycles. The average molecular weight is 374 g/mol. The minimum Gasteiger partial charge on any atom is -0.377 e. The van der Waals surface area contributed by atoms with Crippen molar-refractivity contribution in [2.75, 3.05) is 24.3 Å². The summed E-state index contributed by atoms with van der Waals surface area (Å²) in [6, 6.07) is 6.16. The molecule has 0 saturated heterocycles. The van der Waals surface area contributed by atoms with Crippen molar-refractivity contribution in [3.63, 3.8) is 0 Å². The molecule has 150 valence electrons. The molecule has 1 atom stereocenters. The lowest BCUT2D eigenvalue weighted by Crippen LogP contribution is -2.40. The first-order valence-corrected chi connectivity index (χ1v) is 10.1. The fraction of sp³-hybridized carbons (Fsp3) is 0.636. The van der Waals surface area contributed by atoms with Gasteiger partial charge in [0.15, 0.2) is 0 Å². The number of carbonyl (C=O) groups excluding carboxylic acids is 2. The third kappa shape index (κ3) is 5.24. The van der Waals surface area contributed by atoms with Crippen LogP contribution >= 0.6 is 0 Å². The van der Waals surface area contributed by atoms with Gasteiger partial charge in [0.05, 0.1) is 0 Å². The lowest BCUT2D eigenvalue weighted by Gasteiger charge is -2.33. The Morgan fingerprint density at radius 2 is 1.85 bits per heavy atom. The second kappa shape index (κ2) is 9.25. The van der Waals surface area contributed by atoms with E-state index < -0.39 is 0 Å². The lowest BCUT2D eigenvalue weighted by atomic mass is 9.85. The van der Waals surface area contributed by atoms with Crippen LogP contribution in [0, 0.1) is 11.8 Å². The van der Waals surface area contributed by atoms with Gasteiger partial charge in [0, 0.05) is 50.4 Å². The van der Waals surface area contributed by atoms with Crippen molar-refractivity contribution in [2.24, 2.45) is 11.8 Å². The summed E-state index contributed by atoms with van der Waals surface area (Å²) in [4.78, 5) is 28.9. The largest absolute Gasteiger partial charge is 0.377 e. The molecule has 5 heteroatoms. The number of benzene rings is 1. The van der Waals surface area contributed by atoms with Gasteiger partial charge in [0.1, 0.15) is 0 Å². The van der Waals surface area contributed by atoms with Gasteiger partial charge in [-0.2, -0.15) is 0 Å². The first kappa shape index (κ1) is 21.3. The summed E-state index contributed by atoms with van der Waals surface area (Å²) in [6.45, 7) is 8.85. The van der Waals surface area contributed by atoms with Gasteiger partial charge in [0.25, 0.3) is 0 Å². The Bertz CT molecular complexity index is 666. The predicted molar refractivity (Wildman–Crippen MR) is 112 cm³/mol. The molecule has 1 fully saturated rings. The summed E-state index contributed by atoms with van der Waals surface area (Å²) in [5.74, 6) is 0.803. The molecule has 5 nitrogen and oxygen atoms in total. The van der Waals surface area contributed by atoms with E-state index in [-0.39, 0.29) is 23.8 Å². The van der Waals surface area contributed by atoms with Crippen LogP contribution in [0.3, 0.4) is 0 Å². The van der Waals surface area contributed by atoms with Gasteiger partial charge >= 0.3 is 0 Å². The zero-order chi connectivity index (χ0) is 20.1. The minimum atomic E-state index is 0.113. The van der Waals surface area contributed by atoms with Crippen LogP contribution in [0.15, 0.2) is 18.2 Å². The maximum Gasteiger partial charge on any atom is 0.227 e. The third-order valence-electron chi connectivity index (χ3n) is 5.72. The first-order valence-electron chi connectivity index (χ1n) is 10.1. The van der Waals surface area contributed by atoms with E-state index in [2.05, 4.69) is 31.0 Å². The van der Waals surface area contributed by atoms with Crippen molar-refractivity contribution >= 4 is 23.2 Å². The van der Waals surface area contributed by atoms with Gasteiger partial charge in [-0.05, 0) is 49.4 Å². The van der Waals surface area contributed by atoms with Gasteiger partial charge in [-0.1, -0.05) is 27.2 Å². The predicted octanol–water partition coefficient (Wildman–Crippen LogP) is 4.27. The van der Waals surface area contributed by atoms with Gasteiger partial charge in [-0.3, -0.25) is 9.59 Å². The second-order valence-corrected chi connectivity index (χ2v) is 8.21. The summed E-state index contributed by atoms with van der Waals surface area (Å²) in [6.07, 6.45) is 3.61. The standard InChI is InChI=1S/C22H35N3O2/c1-7-21(26)25(16(4)15(2)3)14-18-13-19(11-12-20(18)24(5)6)23-22(27)17-9-8-10-17/h11-13,15-17H,7-10,14H2,1-6H3,(H,23,27)/t16-/m1/s1. The number of rotatable bonds is 8. The van der Waals surface area contributed by atoms with Crippen molar-refractivity contribution < 1.29 is 9.59 Å². The van der Waals surface area contributed by atoms with Gasteiger partial charge in [-0.25, -0.2) is 0 Å². The lowest BCUT2D eigenvalue weighted by molar-refractivity contribution is -0.134. The van der Waals surface area contributed by atoms with E-state index in [4.69, 9.17) is 0 Å². The van der Waals surface area contributed by atoms with Crippen LogP contribution < -0.4 is 10.2 Å². The Morgan fingerprint density at radius 1 is 1.19 bits per heavy atom. The maximum absolute atomic E-state index is 12.6. The fourth-order valence-corrected chi connectivity index (χ4v) is 3.35. The van der Waals surface area contributed by atoms with E-state index in [0.29, 0.717) is 18.9 Å². The molecule has 0 bridgehead atoms. The summed E-state index contributed by atoms with van der Waals surface area (Å²) in [5, 5.41) is 3.06. The second-order valence-electron chi connectivity index (χ2n) is 8.21. The van der Waals surface area contributed by atoms with Crippen LogP contribution in [0.4, 0.5) is 11.4 Å². The highest BCUT2D eigenvalue weighted by atomic mass is 16.2. The molecule has 0 heterocycles. The monoisotopic (exact) mass is 373 g/mol. The summed E-state index contributed by atoms with van der Waals surface area (Å²) < 4.78 is 0. The van der Waals surface area contributed by atoms with E-state index in [9.17, 15) is 9.59 Å². The SMILES string of the molecule is CCC(=O)N(Cc1cc(NC(=O)C2CCC2)ccc1N(C)C)[C@H](C)C(C)C. The number of anilines is 2. The zero-order valence-corrected chi connectivity index (χ0v) is 17.7. The van der Waals surface area contributed by atoms with Crippen LogP contribution in [0.1, 0.15) is 58.9 Å². The molecular weight excluding hydrogens is 338 g/mol. The van der Waals surface area contributed by atoms with E-state index in [1.165, 1.54) is 0 Å². The number of nitrogens with zero attached hydrogens (tertiary/aromatic N) is 2. The highest BCUT2D eigenvalue weighted by Crippen LogP contribution is 2.30. The number of hydrogen-bond acceptors (Lipinski definition) is 3. The van der Waals surface area contributed by atoms with E-state index >= 15 is 0 Å². The summed E-state index contributed by atoms with van der Waals surface area (Å²) in [7, 11) is 4.01. The molecule has 0 unspecified atom stereocenters. The fourth-order valence-electron chi connectivity index (χ4n) is 3.35. The minimum absolute atomic E-state index is 0.113. The van der Waals surface area contributed by atoms with Crippen LogP contribution in [0.25, 0.3) is 0 Å². The number of amides is 2. The molecule has 1 aromatic rings. The highest BCUT2D eigenvalue weighted by Gasteiger charge is 2.26. The van der Waals surface area contributed by atoms with Crippen molar-refractivity contribution in [2.45, 2.75) is 66.0 Å². The Kier molecular flexibility index (Phi) is 7.28. The molecule has 1 aliphatic rings. The third-order valence-corrected chi connectivity index (χ3v) is 5.72. The number of carbonyl (C=O) groups is 2. The van der Waals surface area contributed by atoms with Crippen LogP contribution in [-0.4, -0.2) is 36.9 Å². The topological polar surface area (TPSA) is 52.7 Å². The van der Waals surface area contributed by atoms with Crippen molar-refractivity contribution in [1.29, 1.82) is 0 Å². The average Bonchev–Trinajstić information content (AvgIpc) is 2.56. The molecule has 1 N–H and O–H groups in total.